The molecule has 0 aliphatic rings. The van der Waals surface area contributed by atoms with Crippen molar-refractivity contribution >= 4 is 17.5 Å². The summed E-state index contributed by atoms with van der Waals surface area (Å²) < 4.78 is 0. The van der Waals surface area contributed by atoms with Crippen molar-refractivity contribution < 1.29 is 9.59 Å². The Balaban J connectivity index is 3.06. The van der Waals surface area contributed by atoms with Gasteiger partial charge in [0, 0.05) is 5.69 Å². The summed E-state index contributed by atoms with van der Waals surface area (Å²) in [6, 6.07) is 8.13. The molecule has 1 unspecified atom stereocenters. The Labute approximate surface area is 94.0 Å². The molecule has 1 rings (SSSR count). The third kappa shape index (κ3) is 2.58. The highest BCUT2D eigenvalue weighted by molar-refractivity contribution is 6.00. The van der Waals surface area contributed by atoms with Crippen LogP contribution >= 0.6 is 0 Å². The molecule has 0 aromatic heterocycles. The van der Waals surface area contributed by atoms with Crippen LogP contribution in [0.2, 0.25) is 0 Å². The summed E-state index contributed by atoms with van der Waals surface area (Å²) >= 11 is 0. The molecule has 0 bridgehead atoms. The molecule has 0 fully saturated rings. The minimum absolute atomic E-state index is 0.160. The first-order valence-corrected chi connectivity index (χ1v) is 4.94. The van der Waals surface area contributed by atoms with E-state index in [4.69, 9.17) is 11.5 Å². The second-order valence-electron chi connectivity index (χ2n) is 3.38. The van der Waals surface area contributed by atoms with Crippen molar-refractivity contribution in [3.63, 3.8) is 0 Å². The van der Waals surface area contributed by atoms with Crippen LogP contribution in [0.15, 0.2) is 30.3 Å². The van der Waals surface area contributed by atoms with E-state index in [1.54, 1.807) is 31.2 Å². The summed E-state index contributed by atoms with van der Waals surface area (Å²) in [5, 5.41) is 0. The first-order valence-electron chi connectivity index (χ1n) is 4.94. The summed E-state index contributed by atoms with van der Waals surface area (Å²) in [5.41, 5.74) is 11.1. The maximum atomic E-state index is 11.7. The lowest BCUT2D eigenvalue weighted by atomic mass is 10.2. The fraction of sp³-hybridized carbons (Fsp3) is 0.273. The van der Waals surface area contributed by atoms with Gasteiger partial charge >= 0.3 is 0 Å². The lowest BCUT2D eigenvalue weighted by Gasteiger charge is -2.26. The van der Waals surface area contributed by atoms with Crippen molar-refractivity contribution in [2.45, 2.75) is 13.0 Å². The number of carbonyl (C=O) groups excluding carboxylic acids is 2. The minimum atomic E-state index is -0.710. The predicted octanol–water partition coefficient (Wildman–Crippen LogP) is -0.148. The van der Waals surface area contributed by atoms with E-state index in [9.17, 15) is 9.59 Å². The van der Waals surface area contributed by atoms with Crippen molar-refractivity contribution in [3.05, 3.63) is 30.3 Å². The van der Waals surface area contributed by atoms with E-state index in [1.165, 1.54) is 4.90 Å². The fourth-order valence-electron chi connectivity index (χ4n) is 1.40. The van der Waals surface area contributed by atoms with Gasteiger partial charge < -0.3 is 11.5 Å². The van der Waals surface area contributed by atoms with E-state index in [2.05, 4.69) is 0 Å². The molecule has 2 amide bonds. The maximum absolute atomic E-state index is 11.7. The van der Waals surface area contributed by atoms with Gasteiger partial charge in [0.1, 0.15) is 6.04 Å². The van der Waals surface area contributed by atoms with Crippen molar-refractivity contribution in [3.8, 4) is 0 Å². The number of nitrogens with zero attached hydrogens (tertiary/aromatic N) is 1. The average Bonchev–Trinajstić information content (AvgIpc) is 2.30. The average molecular weight is 221 g/mol. The van der Waals surface area contributed by atoms with E-state index < -0.39 is 11.9 Å². The highest BCUT2D eigenvalue weighted by Gasteiger charge is 2.24. The van der Waals surface area contributed by atoms with Gasteiger partial charge in [-0.25, -0.2) is 0 Å². The fourth-order valence-corrected chi connectivity index (χ4v) is 1.40. The smallest absolute Gasteiger partial charge is 0.241 e. The zero-order chi connectivity index (χ0) is 12.1. The van der Waals surface area contributed by atoms with Gasteiger partial charge in [0.25, 0.3) is 0 Å². The predicted molar refractivity (Wildman–Crippen MR) is 61.6 cm³/mol. The molecule has 5 nitrogen and oxygen atoms in total. The van der Waals surface area contributed by atoms with Gasteiger partial charge in [-0.05, 0) is 19.1 Å². The molecule has 5 heteroatoms. The van der Waals surface area contributed by atoms with Crippen LogP contribution in [0.1, 0.15) is 6.92 Å². The first kappa shape index (κ1) is 12.2. The van der Waals surface area contributed by atoms with E-state index in [-0.39, 0.29) is 12.5 Å². The van der Waals surface area contributed by atoms with Gasteiger partial charge in [-0.3, -0.25) is 14.5 Å². The summed E-state index contributed by atoms with van der Waals surface area (Å²) in [4.78, 5) is 24.1. The van der Waals surface area contributed by atoms with E-state index in [1.807, 2.05) is 6.07 Å². The molecule has 4 N–H and O–H groups in total. The van der Waals surface area contributed by atoms with Gasteiger partial charge in [-0.1, -0.05) is 18.2 Å². The van der Waals surface area contributed by atoms with Gasteiger partial charge in [0.05, 0.1) is 6.54 Å². The molecule has 0 aliphatic carbocycles. The molecular weight excluding hydrogens is 206 g/mol. The molecule has 1 atom stereocenters. The number of hydrogen-bond donors (Lipinski definition) is 2. The second-order valence-corrected chi connectivity index (χ2v) is 3.38. The number of para-hydroxylation sites is 1. The minimum Gasteiger partial charge on any atom is -0.368 e. The number of benzene rings is 1. The lowest BCUT2D eigenvalue weighted by Crippen LogP contribution is -2.48. The van der Waals surface area contributed by atoms with Crippen molar-refractivity contribution in [2.75, 3.05) is 11.4 Å². The zero-order valence-electron chi connectivity index (χ0n) is 9.09. The van der Waals surface area contributed by atoms with E-state index in [0.717, 1.165) is 0 Å². The van der Waals surface area contributed by atoms with Crippen LogP contribution in [0.25, 0.3) is 0 Å². The quantitative estimate of drug-likeness (QED) is 0.741. The van der Waals surface area contributed by atoms with Crippen LogP contribution in [-0.2, 0) is 9.59 Å². The molecule has 16 heavy (non-hydrogen) atoms. The van der Waals surface area contributed by atoms with Crippen LogP contribution in [0.5, 0.6) is 0 Å². The van der Waals surface area contributed by atoms with Crippen LogP contribution in [-0.4, -0.2) is 24.4 Å². The molecule has 1 aromatic rings. The zero-order valence-corrected chi connectivity index (χ0v) is 9.09. The standard InChI is InChI=1S/C11H15N3O2/c1-8(11(13)16)14(10(15)7-12)9-5-3-2-4-6-9/h2-6,8H,7,12H2,1H3,(H2,13,16). The molecular formula is C11H15N3O2. The Morgan fingerprint density at radius 2 is 1.88 bits per heavy atom. The summed E-state index contributed by atoms with van der Waals surface area (Å²) in [6.45, 7) is 1.41. The third-order valence-corrected chi connectivity index (χ3v) is 2.28. The maximum Gasteiger partial charge on any atom is 0.241 e. The van der Waals surface area contributed by atoms with E-state index >= 15 is 0 Å². The van der Waals surface area contributed by atoms with Crippen molar-refractivity contribution in [2.24, 2.45) is 11.5 Å². The van der Waals surface area contributed by atoms with Crippen molar-refractivity contribution in [1.82, 2.24) is 0 Å². The monoisotopic (exact) mass is 221 g/mol. The second kappa shape index (κ2) is 5.27. The number of rotatable bonds is 4. The number of hydrogen-bond acceptors (Lipinski definition) is 3. The van der Waals surface area contributed by atoms with E-state index in [0.29, 0.717) is 5.69 Å². The molecule has 86 valence electrons. The Bertz CT molecular complexity index is 378. The normalized spacial score (nSPS) is 11.9. The number of nitrogens with two attached hydrogens (primary N) is 2. The molecule has 0 saturated heterocycles. The van der Waals surface area contributed by atoms with Gasteiger partial charge in [-0.15, -0.1) is 0 Å². The molecule has 0 spiro atoms. The van der Waals surface area contributed by atoms with Gasteiger partial charge in [0.15, 0.2) is 0 Å². The SMILES string of the molecule is CC(C(N)=O)N(C(=O)CN)c1ccccc1. The van der Waals surface area contributed by atoms with Gasteiger partial charge in [-0.2, -0.15) is 0 Å². The number of amides is 2. The van der Waals surface area contributed by atoms with Crippen LogP contribution < -0.4 is 16.4 Å². The Hall–Kier alpha value is -1.88. The Morgan fingerprint density at radius 1 is 1.31 bits per heavy atom. The highest BCUT2D eigenvalue weighted by atomic mass is 16.2. The third-order valence-electron chi connectivity index (χ3n) is 2.28. The summed E-state index contributed by atoms with van der Waals surface area (Å²) in [7, 11) is 0. The molecule has 1 aromatic carbocycles. The topological polar surface area (TPSA) is 89.4 Å². The largest absolute Gasteiger partial charge is 0.368 e. The highest BCUT2D eigenvalue weighted by Crippen LogP contribution is 2.16. The van der Waals surface area contributed by atoms with Crippen molar-refractivity contribution in [1.29, 1.82) is 0 Å². The van der Waals surface area contributed by atoms with Crippen LogP contribution in [0.4, 0.5) is 5.69 Å². The summed E-state index contributed by atoms with van der Waals surface area (Å²) in [5.74, 6) is -0.900. The number of anilines is 1. The number of primary amides is 1. The first-order chi connectivity index (χ1) is 7.57. The molecule has 0 radical (unpaired) electrons. The lowest BCUT2D eigenvalue weighted by molar-refractivity contribution is -0.123. The van der Waals surface area contributed by atoms with Crippen LogP contribution in [0.3, 0.4) is 0 Å². The number of carbonyl (C=O) groups is 2. The van der Waals surface area contributed by atoms with Gasteiger partial charge in [0.2, 0.25) is 11.8 Å². The molecule has 0 aliphatic heterocycles. The Morgan fingerprint density at radius 3 is 2.31 bits per heavy atom. The molecule has 0 heterocycles. The Kier molecular flexibility index (Phi) is 4.02. The van der Waals surface area contributed by atoms with Crippen LogP contribution in [0, 0.1) is 0 Å². The molecule has 0 saturated carbocycles. The summed E-state index contributed by atoms with van der Waals surface area (Å²) in [6.07, 6.45) is 0.